The lowest BCUT2D eigenvalue weighted by atomic mass is 9.91. The molecule has 5 rings (SSSR count). The Labute approximate surface area is 215 Å². The smallest absolute Gasteiger partial charge is 0.254 e. The molecule has 2 saturated carbocycles. The van der Waals surface area contributed by atoms with Crippen molar-refractivity contribution in [2.75, 3.05) is 6.54 Å². The lowest BCUT2D eigenvalue weighted by Crippen LogP contribution is -2.50. The maximum absolute atomic E-state index is 13.7. The number of nitrogens with zero attached hydrogens (tertiary/aromatic N) is 2. The van der Waals surface area contributed by atoms with Crippen molar-refractivity contribution in [2.24, 2.45) is 5.73 Å². The van der Waals surface area contributed by atoms with Crippen molar-refractivity contribution >= 4 is 11.8 Å². The molecule has 2 aliphatic carbocycles. The zero-order valence-corrected chi connectivity index (χ0v) is 21.7. The number of hydrogen-bond acceptors (Lipinski definition) is 4. The fourth-order valence-corrected chi connectivity index (χ4v) is 5.82. The summed E-state index contributed by atoms with van der Waals surface area (Å²) in [5.41, 5.74) is 10.4. The molecular weight excluding hydrogens is 448 g/mol. The van der Waals surface area contributed by atoms with E-state index in [4.69, 9.17) is 5.73 Å². The highest BCUT2D eigenvalue weighted by molar-refractivity contribution is 5.98. The van der Waals surface area contributed by atoms with E-state index in [1.54, 1.807) is 0 Å². The van der Waals surface area contributed by atoms with Gasteiger partial charge in [0, 0.05) is 42.8 Å². The second-order valence-electron chi connectivity index (χ2n) is 11.2. The Hall–Kier alpha value is -2.70. The highest BCUT2D eigenvalue weighted by atomic mass is 16.2. The summed E-state index contributed by atoms with van der Waals surface area (Å²) >= 11 is 0. The van der Waals surface area contributed by atoms with E-state index in [0.29, 0.717) is 24.6 Å². The molecule has 0 bridgehead atoms. The monoisotopic (exact) mass is 488 g/mol. The highest BCUT2D eigenvalue weighted by Gasteiger charge is 2.45. The maximum Gasteiger partial charge on any atom is 0.254 e. The van der Waals surface area contributed by atoms with Crippen molar-refractivity contribution in [3.63, 3.8) is 0 Å². The molecule has 1 saturated heterocycles. The summed E-state index contributed by atoms with van der Waals surface area (Å²) in [6.45, 7) is 5.57. The van der Waals surface area contributed by atoms with Crippen LogP contribution in [0.1, 0.15) is 72.0 Å². The number of hydrogen-bond donors (Lipinski definition) is 2. The van der Waals surface area contributed by atoms with E-state index >= 15 is 0 Å². The predicted octanol–water partition coefficient (Wildman–Crippen LogP) is 3.94. The summed E-state index contributed by atoms with van der Waals surface area (Å²) in [5, 5.41) is 3.28. The first-order chi connectivity index (χ1) is 17.4. The number of carbonyl (C=O) groups excluding carboxylic acids is 2. The topological polar surface area (TPSA) is 78.7 Å². The summed E-state index contributed by atoms with van der Waals surface area (Å²) in [4.78, 5) is 31.6. The number of nitrogens with two attached hydrogens (primary N) is 1. The molecule has 0 radical (unpaired) electrons. The van der Waals surface area contributed by atoms with E-state index < -0.39 is 6.04 Å². The quantitative estimate of drug-likeness (QED) is 0.619. The van der Waals surface area contributed by atoms with Gasteiger partial charge in [0.25, 0.3) is 5.91 Å². The van der Waals surface area contributed by atoms with Crippen LogP contribution in [0.4, 0.5) is 0 Å². The first-order valence-corrected chi connectivity index (χ1v) is 13.6. The summed E-state index contributed by atoms with van der Waals surface area (Å²) in [7, 11) is 0. The first kappa shape index (κ1) is 25.0. The molecule has 1 aliphatic heterocycles. The molecule has 2 aromatic rings. The summed E-state index contributed by atoms with van der Waals surface area (Å²) in [6, 6.07) is 17.1. The Bertz CT molecular complexity index is 1060. The Morgan fingerprint density at radius 1 is 0.889 bits per heavy atom. The molecule has 2 amide bonds. The molecule has 2 atom stereocenters. The number of likely N-dealkylation sites (tertiary alicyclic amines) is 1. The molecule has 6 heteroatoms. The van der Waals surface area contributed by atoms with Crippen LogP contribution in [-0.2, 0) is 11.3 Å². The van der Waals surface area contributed by atoms with Gasteiger partial charge in [0.2, 0.25) is 5.91 Å². The Morgan fingerprint density at radius 2 is 1.50 bits per heavy atom. The van der Waals surface area contributed by atoms with Gasteiger partial charge in [0.15, 0.2) is 0 Å². The lowest BCUT2D eigenvalue weighted by molar-refractivity contribution is -0.125. The highest BCUT2D eigenvalue weighted by Crippen LogP contribution is 2.35. The van der Waals surface area contributed by atoms with Crippen molar-refractivity contribution in [1.82, 2.24) is 15.1 Å². The zero-order valence-electron chi connectivity index (χ0n) is 21.7. The first-order valence-electron chi connectivity index (χ1n) is 13.6. The van der Waals surface area contributed by atoms with E-state index in [-0.39, 0.29) is 29.9 Å². The van der Waals surface area contributed by atoms with E-state index in [9.17, 15) is 9.59 Å². The fourth-order valence-electron chi connectivity index (χ4n) is 5.82. The third kappa shape index (κ3) is 5.81. The number of rotatable bonds is 7. The van der Waals surface area contributed by atoms with Gasteiger partial charge in [0.05, 0.1) is 0 Å². The largest absolute Gasteiger partial charge is 0.352 e. The van der Waals surface area contributed by atoms with Crippen molar-refractivity contribution in [2.45, 2.75) is 95.5 Å². The molecule has 192 valence electrons. The molecule has 2 aromatic carbocycles. The normalized spacial score (nSPS) is 26.3. The van der Waals surface area contributed by atoms with E-state index in [1.807, 2.05) is 36.1 Å². The van der Waals surface area contributed by atoms with Gasteiger partial charge in [-0.3, -0.25) is 14.5 Å². The van der Waals surface area contributed by atoms with Crippen LogP contribution in [0.5, 0.6) is 0 Å². The van der Waals surface area contributed by atoms with Gasteiger partial charge in [-0.15, -0.1) is 0 Å². The average molecular weight is 489 g/mol. The number of carbonyl (C=O) groups is 2. The number of aryl methyl sites for hydroxylation is 2. The second-order valence-corrected chi connectivity index (χ2v) is 11.2. The molecule has 36 heavy (non-hydrogen) atoms. The molecule has 0 spiro atoms. The van der Waals surface area contributed by atoms with Crippen LogP contribution in [0.25, 0.3) is 0 Å². The van der Waals surface area contributed by atoms with Crippen LogP contribution >= 0.6 is 0 Å². The fraction of sp³-hybridized carbons (Fsp3) is 0.533. The van der Waals surface area contributed by atoms with E-state index in [0.717, 1.165) is 37.8 Å². The Balaban J connectivity index is 1.35. The van der Waals surface area contributed by atoms with Crippen LogP contribution in [0.3, 0.4) is 0 Å². The lowest BCUT2D eigenvalue weighted by Gasteiger charge is -2.30. The van der Waals surface area contributed by atoms with Crippen LogP contribution in [-0.4, -0.2) is 58.4 Å². The van der Waals surface area contributed by atoms with Gasteiger partial charge < -0.3 is 16.0 Å². The van der Waals surface area contributed by atoms with Gasteiger partial charge in [-0.2, -0.15) is 0 Å². The van der Waals surface area contributed by atoms with Gasteiger partial charge in [-0.05, 0) is 76.5 Å². The molecule has 3 aliphatic rings. The van der Waals surface area contributed by atoms with Crippen molar-refractivity contribution in [3.8, 4) is 0 Å². The second kappa shape index (κ2) is 10.7. The molecule has 3 fully saturated rings. The van der Waals surface area contributed by atoms with Gasteiger partial charge in [-0.1, -0.05) is 47.5 Å². The molecule has 6 nitrogen and oxygen atoms in total. The summed E-state index contributed by atoms with van der Waals surface area (Å²) in [5.74, 6) is -0.0566. The Morgan fingerprint density at radius 3 is 2.11 bits per heavy atom. The maximum atomic E-state index is 13.7. The number of nitrogens with one attached hydrogen (secondary N) is 1. The average Bonchev–Trinajstić information content (AvgIpc) is 3.62. The zero-order chi connectivity index (χ0) is 25.2. The summed E-state index contributed by atoms with van der Waals surface area (Å²) < 4.78 is 0. The molecule has 0 aromatic heterocycles. The van der Waals surface area contributed by atoms with Gasteiger partial charge in [0.1, 0.15) is 6.04 Å². The van der Waals surface area contributed by atoms with E-state index in [2.05, 4.69) is 41.4 Å². The molecule has 2 unspecified atom stereocenters. The van der Waals surface area contributed by atoms with E-state index in [1.165, 1.54) is 24.0 Å². The van der Waals surface area contributed by atoms with Crippen LogP contribution in [0, 0.1) is 13.8 Å². The third-order valence-electron chi connectivity index (χ3n) is 8.23. The molecule has 1 heterocycles. The number of amides is 2. The SMILES string of the molecule is Cc1ccc(CN(C2CC2)C2CC(C(=O)NC3CCC(N)CC3)N(C(=O)c3ccc(C)cc3)C2)cc1. The van der Waals surface area contributed by atoms with Crippen LogP contribution in [0.2, 0.25) is 0 Å². The minimum absolute atomic E-state index is 0.00971. The van der Waals surface area contributed by atoms with Crippen molar-refractivity contribution in [3.05, 3.63) is 70.8 Å². The van der Waals surface area contributed by atoms with Crippen molar-refractivity contribution in [1.29, 1.82) is 0 Å². The van der Waals surface area contributed by atoms with Crippen LogP contribution < -0.4 is 11.1 Å². The Kier molecular flexibility index (Phi) is 7.44. The third-order valence-corrected chi connectivity index (χ3v) is 8.23. The minimum atomic E-state index is -0.446. The minimum Gasteiger partial charge on any atom is -0.352 e. The van der Waals surface area contributed by atoms with Crippen LogP contribution in [0.15, 0.2) is 48.5 Å². The summed E-state index contributed by atoms with van der Waals surface area (Å²) in [6.07, 6.45) is 6.76. The standard InChI is InChI=1S/C30H40N4O2/c1-20-3-7-22(8-4-20)18-33(26-15-16-26)27-17-28(29(35)32-25-13-11-24(31)12-14-25)34(19-27)30(36)23-9-5-21(2)6-10-23/h3-10,24-28H,11-19,31H2,1-2H3,(H,32,35). The molecular formula is C30H40N4O2. The number of benzene rings is 2. The predicted molar refractivity (Wildman–Crippen MR) is 143 cm³/mol. The van der Waals surface area contributed by atoms with Gasteiger partial charge in [-0.25, -0.2) is 0 Å². The van der Waals surface area contributed by atoms with Gasteiger partial charge >= 0.3 is 0 Å². The van der Waals surface area contributed by atoms with Crippen molar-refractivity contribution < 1.29 is 9.59 Å². The molecule has 3 N–H and O–H groups in total.